The molecule has 0 aliphatic carbocycles. The van der Waals surface area contributed by atoms with Crippen LogP contribution >= 0.6 is 0 Å². The summed E-state index contributed by atoms with van der Waals surface area (Å²) in [5.41, 5.74) is 2.03. The number of hydrogen-bond acceptors (Lipinski definition) is 4. The molecule has 5 heteroatoms. The molecule has 0 aliphatic heterocycles. The zero-order valence-electron chi connectivity index (χ0n) is 15.8. The van der Waals surface area contributed by atoms with Gasteiger partial charge in [0, 0.05) is 22.9 Å². The first-order valence-corrected chi connectivity index (χ1v) is 8.97. The second-order valence-corrected chi connectivity index (χ2v) is 6.46. The normalized spacial score (nSPS) is 11.0. The van der Waals surface area contributed by atoms with Crippen LogP contribution in [0.3, 0.4) is 0 Å². The number of nitrogens with one attached hydrogen (secondary N) is 1. The molecule has 0 unspecified atom stereocenters. The lowest BCUT2D eigenvalue weighted by Crippen LogP contribution is -2.15. The fourth-order valence-corrected chi connectivity index (χ4v) is 2.79. The van der Waals surface area contributed by atoms with E-state index in [0.29, 0.717) is 11.3 Å². The summed E-state index contributed by atoms with van der Waals surface area (Å²) in [6, 6.07) is 21.9. The molecule has 29 heavy (non-hydrogen) atoms. The molecular formula is C24H19NO4. The van der Waals surface area contributed by atoms with Crippen molar-refractivity contribution in [3.05, 3.63) is 113 Å². The molecule has 3 rings (SSSR count). The van der Waals surface area contributed by atoms with Gasteiger partial charge in [-0.05, 0) is 25.1 Å². The second-order valence-electron chi connectivity index (χ2n) is 6.46. The van der Waals surface area contributed by atoms with Crippen molar-refractivity contribution in [2.45, 2.75) is 6.92 Å². The van der Waals surface area contributed by atoms with E-state index in [0.717, 1.165) is 11.6 Å². The number of carbonyl (C=O) groups is 3. The van der Waals surface area contributed by atoms with Gasteiger partial charge in [-0.2, -0.15) is 0 Å². The van der Waals surface area contributed by atoms with Crippen molar-refractivity contribution in [1.29, 1.82) is 0 Å². The van der Waals surface area contributed by atoms with Gasteiger partial charge in [-0.25, -0.2) is 4.79 Å². The van der Waals surface area contributed by atoms with Crippen LogP contribution in [0.5, 0.6) is 0 Å². The first-order chi connectivity index (χ1) is 14.0. The van der Waals surface area contributed by atoms with Gasteiger partial charge < -0.3 is 10.4 Å². The van der Waals surface area contributed by atoms with Gasteiger partial charge in [-0.15, -0.1) is 0 Å². The van der Waals surface area contributed by atoms with Crippen LogP contribution < -0.4 is 5.32 Å². The van der Waals surface area contributed by atoms with Crippen molar-refractivity contribution in [3.63, 3.8) is 0 Å². The molecule has 3 aromatic rings. The summed E-state index contributed by atoms with van der Waals surface area (Å²) in [4.78, 5) is 37.3. The van der Waals surface area contributed by atoms with E-state index in [1.807, 2.05) is 25.1 Å². The fourth-order valence-electron chi connectivity index (χ4n) is 2.79. The highest BCUT2D eigenvalue weighted by Gasteiger charge is 2.18. The Morgan fingerprint density at radius 3 is 2.00 bits per heavy atom. The summed E-state index contributed by atoms with van der Waals surface area (Å²) in [5.74, 6) is -2.14. The van der Waals surface area contributed by atoms with E-state index >= 15 is 0 Å². The third-order valence-electron chi connectivity index (χ3n) is 4.31. The predicted octanol–water partition coefficient (Wildman–Crippen LogP) is 4.75. The Morgan fingerprint density at radius 1 is 0.793 bits per heavy atom. The molecule has 0 aromatic heterocycles. The van der Waals surface area contributed by atoms with Gasteiger partial charge >= 0.3 is 5.97 Å². The molecule has 0 fully saturated rings. The minimum atomic E-state index is -1.20. The molecule has 0 saturated heterocycles. The molecule has 3 aromatic carbocycles. The predicted molar refractivity (Wildman–Crippen MR) is 111 cm³/mol. The highest BCUT2D eigenvalue weighted by Crippen LogP contribution is 2.17. The van der Waals surface area contributed by atoms with Crippen molar-refractivity contribution in [3.8, 4) is 0 Å². The number of allylic oxidation sites excluding steroid dienone is 2. The van der Waals surface area contributed by atoms with Crippen LogP contribution in [0.1, 0.15) is 36.6 Å². The molecule has 0 atom stereocenters. The van der Waals surface area contributed by atoms with E-state index in [1.165, 1.54) is 12.1 Å². The van der Waals surface area contributed by atoms with Crippen LogP contribution in [0.15, 0.2) is 90.6 Å². The lowest BCUT2D eigenvalue weighted by Gasteiger charge is -2.11. The van der Waals surface area contributed by atoms with Gasteiger partial charge in [0.2, 0.25) is 5.78 Å². The van der Waals surface area contributed by atoms with E-state index in [-0.39, 0.29) is 22.6 Å². The van der Waals surface area contributed by atoms with Crippen LogP contribution in [0.2, 0.25) is 0 Å². The van der Waals surface area contributed by atoms with E-state index in [1.54, 1.807) is 48.5 Å². The maximum atomic E-state index is 13.0. The largest absolute Gasteiger partial charge is 0.478 e. The monoisotopic (exact) mass is 385 g/mol. The Morgan fingerprint density at radius 2 is 1.38 bits per heavy atom. The maximum absolute atomic E-state index is 13.0. The van der Waals surface area contributed by atoms with Crippen LogP contribution in [-0.2, 0) is 0 Å². The molecule has 0 radical (unpaired) electrons. The van der Waals surface area contributed by atoms with E-state index < -0.39 is 11.8 Å². The number of ketones is 2. The number of Topliss-reactive ketones (excluding diaryl/α,β-unsaturated/α-hetero) is 1. The van der Waals surface area contributed by atoms with Gasteiger partial charge in [0.15, 0.2) is 5.78 Å². The summed E-state index contributed by atoms with van der Waals surface area (Å²) in [5, 5.41) is 12.3. The highest BCUT2D eigenvalue weighted by atomic mass is 16.4. The number of aromatic carboxylic acids is 1. The molecule has 0 bridgehead atoms. The number of carboxylic acid groups (broad SMARTS) is 1. The average Bonchev–Trinajstić information content (AvgIpc) is 2.74. The Bertz CT molecular complexity index is 1080. The molecule has 0 saturated carbocycles. The number of rotatable bonds is 7. The van der Waals surface area contributed by atoms with Crippen molar-refractivity contribution in [2.75, 3.05) is 5.32 Å². The Kier molecular flexibility index (Phi) is 6.00. The summed E-state index contributed by atoms with van der Waals surface area (Å²) in [6.07, 6.45) is 1.15. The molecular weight excluding hydrogens is 366 g/mol. The average molecular weight is 385 g/mol. The number of hydrogen-bond donors (Lipinski definition) is 2. The molecule has 0 spiro atoms. The number of benzene rings is 3. The van der Waals surface area contributed by atoms with E-state index in [2.05, 4.69) is 5.32 Å². The zero-order valence-corrected chi connectivity index (χ0v) is 15.8. The number of para-hydroxylation sites is 1. The molecule has 0 amide bonds. The van der Waals surface area contributed by atoms with Gasteiger partial charge in [0.05, 0.1) is 11.3 Å². The van der Waals surface area contributed by atoms with Crippen LogP contribution in [-0.4, -0.2) is 22.6 Å². The minimum absolute atomic E-state index is 0.0177. The van der Waals surface area contributed by atoms with Crippen molar-refractivity contribution >= 4 is 23.2 Å². The second kappa shape index (κ2) is 8.80. The van der Waals surface area contributed by atoms with Gasteiger partial charge in [0.25, 0.3) is 0 Å². The Labute approximate surface area is 168 Å². The first-order valence-electron chi connectivity index (χ1n) is 8.97. The minimum Gasteiger partial charge on any atom is -0.478 e. The smallest absolute Gasteiger partial charge is 0.336 e. The van der Waals surface area contributed by atoms with Crippen molar-refractivity contribution in [1.82, 2.24) is 0 Å². The lowest BCUT2D eigenvalue weighted by molar-refractivity contribution is 0.0693. The van der Waals surface area contributed by atoms with Crippen LogP contribution in [0, 0.1) is 6.92 Å². The lowest BCUT2D eigenvalue weighted by atomic mass is 10.0. The maximum Gasteiger partial charge on any atom is 0.336 e. The number of aryl methyl sites for hydroxylation is 1. The fraction of sp³-hybridized carbons (Fsp3) is 0.0417. The molecule has 144 valence electrons. The van der Waals surface area contributed by atoms with E-state index in [9.17, 15) is 19.5 Å². The van der Waals surface area contributed by atoms with Crippen molar-refractivity contribution in [2.24, 2.45) is 0 Å². The van der Waals surface area contributed by atoms with Crippen LogP contribution in [0.25, 0.3) is 0 Å². The molecule has 5 nitrogen and oxygen atoms in total. The van der Waals surface area contributed by atoms with Gasteiger partial charge in [-0.1, -0.05) is 66.2 Å². The number of anilines is 1. The summed E-state index contributed by atoms with van der Waals surface area (Å²) in [6.45, 7) is 1.92. The zero-order chi connectivity index (χ0) is 20.8. The molecule has 2 N–H and O–H groups in total. The van der Waals surface area contributed by atoms with Gasteiger partial charge in [-0.3, -0.25) is 9.59 Å². The number of carboxylic acids is 1. The summed E-state index contributed by atoms with van der Waals surface area (Å²) >= 11 is 0. The topological polar surface area (TPSA) is 83.5 Å². The van der Waals surface area contributed by atoms with E-state index in [4.69, 9.17) is 0 Å². The van der Waals surface area contributed by atoms with Gasteiger partial charge in [0.1, 0.15) is 0 Å². The summed E-state index contributed by atoms with van der Waals surface area (Å²) in [7, 11) is 0. The van der Waals surface area contributed by atoms with Crippen LogP contribution in [0.4, 0.5) is 5.69 Å². The molecule has 0 aliphatic rings. The quantitative estimate of drug-likeness (QED) is 0.453. The van der Waals surface area contributed by atoms with Crippen molar-refractivity contribution < 1.29 is 19.5 Å². The SMILES string of the molecule is Cc1ccc(C(=O)/C(=C/C(=O)c2ccccc2C(=O)O)Nc2ccccc2)cc1. The highest BCUT2D eigenvalue weighted by molar-refractivity contribution is 6.18. The third-order valence-corrected chi connectivity index (χ3v) is 4.31. The third kappa shape index (κ3) is 4.84. The number of carbonyl (C=O) groups excluding carboxylic acids is 2. The Balaban J connectivity index is 2.02. The standard InChI is InChI=1S/C24H19NO4/c1-16-11-13-17(14-12-16)23(27)21(25-18-7-3-2-4-8-18)15-22(26)19-9-5-6-10-20(19)24(28)29/h2-15,25H,1H3,(H,28,29)/b21-15-. The summed E-state index contributed by atoms with van der Waals surface area (Å²) < 4.78 is 0. The first kappa shape index (κ1) is 19.8. The molecule has 0 heterocycles. The Hall–Kier alpha value is -3.99.